The summed E-state index contributed by atoms with van der Waals surface area (Å²) in [7, 11) is 0. The Kier molecular flexibility index (Phi) is 4.54. The van der Waals surface area contributed by atoms with Crippen LogP contribution in [0.5, 0.6) is 0 Å². The topological polar surface area (TPSA) is 63.0 Å². The van der Waals surface area contributed by atoms with Crippen molar-refractivity contribution >= 4 is 11.8 Å². The summed E-state index contributed by atoms with van der Waals surface area (Å²) in [5.41, 5.74) is 0.156. The molecule has 3 fully saturated rings. The fraction of sp³-hybridized carbons (Fsp3) is 0.684. The fourth-order valence-corrected chi connectivity index (χ4v) is 4.43. The van der Waals surface area contributed by atoms with E-state index in [4.69, 9.17) is 9.15 Å². The summed E-state index contributed by atoms with van der Waals surface area (Å²) in [6.07, 6.45) is 6.00. The van der Waals surface area contributed by atoms with Gasteiger partial charge in [-0.15, -0.1) is 0 Å². The monoisotopic (exact) mass is 346 g/mol. The molecule has 6 nitrogen and oxygen atoms in total. The van der Waals surface area contributed by atoms with E-state index >= 15 is 0 Å². The van der Waals surface area contributed by atoms with Crippen LogP contribution in [0.25, 0.3) is 0 Å². The number of carbonyl (C=O) groups is 2. The van der Waals surface area contributed by atoms with Crippen LogP contribution in [0, 0.1) is 11.3 Å². The first kappa shape index (κ1) is 16.6. The van der Waals surface area contributed by atoms with Crippen LogP contribution >= 0.6 is 0 Å². The minimum atomic E-state index is 0.0532. The van der Waals surface area contributed by atoms with Crippen molar-refractivity contribution in [2.75, 3.05) is 32.8 Å². The highest BCUT2D eigenvalue weighted by Crippen LogP contribution is 2.41. The van der Waals surface area contributed by atoms with E-state index in [1.54, 1.807) is 6.26 Å². The highest BCUT2D eigenvalue weighted by molar-refractivity contribution is 5.79. The Hall–Kier alpha value is -1.82. The van der Waals surface area contributed by atoms with Crippen molar-refractivity contribution in [1.29, 1.82) is 0 Å². The van der Waals surface area contributed by atoms with E-state index < -0.39 is 0 Å². The number of hydrogen-bond donors (Lipinski definition) is 0. The van der Waals surface area contributed by atoms with Crippen LogP contribution in [0.2, 0.25) is 0 Å². The highest BCUT2D eigenvalue weighted by atomic mass is 16.5. The smallest absolute Gasteiger partial charge is 0.228 e. The van der Waals surface area contributed by atoms with Gasteiger partial charge < -0.3 is 19.0 Å². The van der Waals surface area contributed by atoms with Crippen LogP contribution < -0.4 is 0 Å². The fourth-order valence-electron chi connectivity index (χ4n) is 4.43. The first-order chi connectivity index (χ1) is 12.2. The van der Waals surface area contributed by atoms with Gasteiger partial charge in [0.2, 0.25) is 11.8 Å². The lowest BCUT2D eigenvalue weighted by Crippen LogP contribution is -2.52. The van der Waals surface area contributed by atoms with E-state index in [0.29, 0.717) is 26.2 Å². The minimum absolute atomic E-state index is 0.0532. The SMILES string of the molecule is O=C1CCC2(CCN(C(=O)[C@@H]3CCOC3)CC2)CN1Cc1ccco1. The first-order valence-electron chi connectivity index (χ1n) is 9.32. The molecule has 2 amide bonds. The van der Waals surface area contributed by atoms with E-state index in [1.165, 1.54) is 0 Å². The van der Waals surface area contributed by atoms with E-state index in [-0.39, 0.29) is 23.1 Å². The first-order valence-corrected chi connectivity index (χ1v) is 9.32. The van der Waals surface area contributed by atoms with Crippen molar-refractivity contribution in [1.82, 2.24) is 9.80 Å². The quantitative estimate of drug-likeness (QED) is 0.840. The molecule has 1 spiro atoms. The lowest BCUT2D eigenvalue weighted by molar-refractivity contribution is -0.145. The molecular weight excluding hydrogens is 320 g/mol. The number of hydrogen-bond acceptors (Lipinski definition) is 4. The van der Waals surface area contributed by atoms with Crippen molar-refractivity contribution < 1.29 is 18.7 Å². The Morgan fingerprint density at radius 1 is 1.28 bits per heavy atom. The number of likely N-dealkylation sites (tertiary alicyclic amines) is 2. The standard InChI is InChI=1S/C19H26N2O4/c22-17-3-5-19(14-21(17)12-16-2-1-10-25-16)6-8-20(9-7-19)18(23)15-4-11-24-13-15/h1-2,10,15H,3-9,11-14H2/t15-/m1/s1. The molecule has 136 valence electrons. The summed E-state index contributed by atoms with van der Waals surface area (Å²) in [6.45, 7) is 4.22. The van der Waals surface area contributed by atoms with Gasteiger partial charge in [0, 0.05) is 32.7 Å². The second-order valence-corrected chi connectivity index (χ2v) is 7.71. The van der Waals surface area contributed by atoms with E-state index in [0.717, 1.165) is 51.1 Å². The summed E-state index contributed by atoms with van der Waals surface area (Å²) in [5.74, 6) is 1.35. The van der Waals surface area contributed by atoms with Gasteiger partial charge in [0.1, 0.15) is 5.76 Å². The number of piperidine rings is 2. The van der Waals surface area contributed by atoms with Crippen LogP contribution in [0.3, 0.4) is 0 Å². The molecule has 6 heteroatoms. The largest absolute Gasteiger partial charge is 0.467 e. The summed E-state index contributed by atoms with van der Waals surface area (Å²) in [6, 6.07) is 3.77. The van der Waals surface area contributed by atoms with Crippen molar-refractivity contribution in [3.05, 3.63) is 24.2 Å². The lowest BCUT2D eigenvalue weighted by atomic mass is 9.72. The number of carbonyl (C=O) groups excluding carboxylic acids is 2. The molecule has 3 aliphatic heterocycles. The molecule has 0 bridgehead atoms. The predicted molar refractivity (Wildman–Crippen MR) is 90.5 cm³/mol. The zero-order chi connectivity index (χ0) is 17.3. The van der Waals surface area contributed by atoms with Gasteiger partial charge in [0.15, 0.2) is 0 Å². The second-order valence-electron chi connectivity index (χ2n) is 7.71. The molecule has 1 aromatic heterocycles. The molecule has 0 aromatic carbocycles. The Balaban J connectivity index is 1.36. The third-order valence-corrected chi connectivity index (χ3v) is 6.09. The summed E-state index contributed by atoms with van der Waals surface area (Å²) in [4.78, 5) is 28.8. The molecule has 25 heavy (non-hydrogen) atoms. The molecule has 0 aliphatic carbocycles. The molecule has 4 rings (SSSR count). The zero-order valence-corrected chi connectivity index (χ0v) is 14.6. The molecule has 3 saturated heterocycles. The van der Waals surface area contributed by atoms with E-state index in [2.05, 4.69) is 0 Å². The molecule has 1 aromatic rings. The van der Waals surface area contributed by atoms with Crippen molar-refractivity contribution in [3.63, 3.8) is 0 Å². The Morgan fingerprint density at radius 2 is 2.12 bits per heavy atom. The molecule has 1 atom stereocenters. The van der Waals surface area contributed by atoms with Crippen LogP contribution in [0.4, 0.5) is 0 Å². The van der Waals surface area contributed by atoms with Gasteiger partial charge in [-0.05, 0) is 43.2 Å². The molecule has 0 saturated carbocycles. The number of amides is 2. The molecule has 0 radical (unpaired) electrons. The van der Waals surface area contributed by atoms with E-state index in [9.17, 15) is 9.59 Å². The third-order valence-electron chi connectivity index (χ3n) is 6.09. The van der Waals surface area contributed by atoms with Gasteiger partial charge in [-0.1, -0.05) is 0 Å². The van der Waals surface area contributed by atoms with Crippen LogP contribution in [0.1, 0.15) is 37.9 Å². The number of nitrogens with zero attached hydrogens (tertiary/aromatic N) is 2. The van der Waals surface area contributed by atoms with Gasteiger partial charge in [-0.3, -0.25) is 9.59 Å². The van der Waals surface area contributed by atoms with Crippen LogP contribution in [-0.4, -0.2) is 54.5 Å². The summed E-state index contributed by atoms with van der Waals surface area (Å²) < 4.78 is 10.8. The number of rotatable bonds is 3. The number of furan rings is 1. The molecule has 0 N–H and O–H groups in total. The molecule has 3 aliphatic rings. The lowest BCUT2D eigenvalue weighted by Gasteiger charge is -2.47. The van der Waals surface area contributed by atoms with Gasteiger partial charge in [-0.25, -0.2) is 0 Å². The van der Waals surface area contributed by atoms with Gasteiger partial charge in [0.25, 0.3) is 0 Å². The van der Waals surface area contributed by atoms with Crippen LogP contribution in [0.15, 0.2) is 22.8 Å². The maximum atomic E-state index is 12.6. The predicted octanol–water partition coefficient (Wildman–Crippen LogP) is 2.05. The highest BCUT2D eigenvalue weighted by Gasteiger charge is 2.42. The van der Waals surface area contributed by atoms with Crippen molar-refractivity contribution in [2.45, 2.75) is 38.6 Å². The Bertz CT molecular complexity index is 613. The van der Waals surface area contributed by atoms with Gasteiger partial charge in [-0.2, -0.15) is 0 Å². The maximum absolute atomic E-state index is 12.6. The average molecular weight is 346 g/mol. The molecule has 4 heterocycles. The molecule has 0 unspecified atom stereocenters. The maximum Gasteiger partial charge on any atom is 0.228 e. The van der Waals surface area contributed by atoms with Crippen LogP contribution in [-0.2, 0) is 20.9 Å². The Labute approximate surface area is 148 Å². The van der Waals surface area contributed by atoms with Crippen molar-refractivity contribution in [3.8, 4) is 0 Å². The van der Waals surface area contributed by atoms with Gasteiger partial charge in [0.05, 0.1) is 25.3 Å². The van der Waals surface area contributed by atoms with E-state index in [1.807, 2.05) is 21.9 Å². The second kappa shape index (κ2) is 6.83. The number of ether oxygens (including phenoxy) is 1. The van der Waals surface area contributed by atoms with Gasteiger partial charge >= 0.3 is 0 Å². The third kappa shape index (κ3) is 3.45. The summed E-state index contributed by atoms with van der Waals surface area (Å²) in [5, 5.41) is 0. The average Bonchev–Trinajstić information content (AvgIpc) is 3.32. The Morgan fingerprint density at radius 3 is 2.80 bits per heavy atom. The zero-order valence-electron chi connectivity index (χ0n) is 14.6. The minimum Gasteiger partial charge on any atom is -0.467 e. The van der Waals surface area contributed by atoms with Crippen molar-refractivity contribution in [2.24, 2.45) is 11.3 Å². The molecular formula is C19H26N2O4. The summed E-state index contributed by atoms with van der Waals surface area (Å²) >= 11 is 0. The normalized spacial score (nSPS) is 26.4.